The van der Waals surface area contributed by atoms with E-state index >= 15 is 0 Å². The van der Waals surface area contributed by atoms with Crippen molar-refractivity contribution in [2.75, 3.05) is 39.8 Å². The van der Waals surface area contributed by atoms with Crippen molar-refractivity contribution >= 4 is 17.8 Å². The lowest BCUT2D eigenvalue weighted by Crippen LogP contribution is -2.48. The molecule has 0 aromatic heterocycles. The molecule has 2 amide bonds. The van der Waals surface area contributed by atoms with E-state index in [-0.39, 0.29) is 36.8 Å². The molecule has 20 heavy (non-hydrogen) atoms. The fourth-order valence-corrected chi connectivity index (χ4v) is 2.25. The Hall–Kier alpha value is -1.63. The normalized spacial score (nSPS) is 18.9. The molecule has 7 nitrogen and oxygen atoms in total. The molecule has 2 N–H and O–H groups in total. The van der Waals surface area contributed by atoms with Gasteiger partial charge in [-0.15, -0.1) is 0 Å². The second kappa shape index (κ2) is 7.84. The number of carbonyl (C=O) groups is 3. The largest absolute Gasteiger partial charge is 0.468 e. The predicted molar refractivity (Wildman–Crippen MR) is 72.6 cm³/mol. The van der Waals surface area contributed by atoms with Crippen molar-refractivity contribution in [1.82, 2.24) is 9.80 Å². The highest BCUT2D eigenvalue weighted by Gasteiger charge is 2.27. The Morgan fingerprint density at radius 2 is 2.05 bits per heavy atom. The third-order valence-electron chi connectivity index (χ3n) is 3.56. The van der Waals surface area contributed by atoms with Gasteiger partial charge in [0, 0.05) is 13.1 Å². The van der Waals surface area contributed by atoms with E-state index in [4.69, 9.17) is 5.73 Å². The van der Waals surface area contributed by atoms with Gasteiger partial charge in [-0.05, 0) is 19.4 Å². The Kier molecular flexibility index (Phi) is 6.44. The number of hydrogen-bond donors (Lipinski definition) is 1. The van der Waals surface area contributed by atoms with Gasteiger partial charge in [0.1, 0.15) is 0 Å². The SMILES string of the molecule is CCN(CC(=O)OC)CC(=O)N1CCCC(C(N)=O)C1. The third kappa shape index (κ3) is 4.80. The van der Waals surface area contributed by atoms with E-state index in [9.17, 15) is 14.4 Å². The van der Waals surface area contributed by atoms with E-state index < -0.39 is 0 Å². The highest BCUT2D eigenvalue weighted by Crippen LogP contribution is 2.16. The number of likely N-dealkylation sites (N-methyl/N-ethyl adjacent to an activating group) is 1. The molecule has 1 fully saturated rings. The minimum absolute atomic E-state index is 0.0818. The summed E-state index contributed by atoms with van der Waals surface area (Å²) in [4.78, 5) is 38.0. The van der Waals surface area contributed by atoms with Gasteiger partial charge in [0.05, 0.1) is 26.1 Å². The molecule has 114 valence electrons. The molecule has 1 aliphatic heterocycles. The van der Waals surface area contributed by atoms with E-state index in [0.29, 0.717) is 19.6 Å². The quantitative estimate of drug-likeness (QED) is 0.645. The predicted octanol–water partition coefficient (Wildman–Crippen LogP) is -0.795. The molecule has 1 saturated heterocycles. The summed E-state index contributed by atoms with van der Waals surface area (Å²) in [6, 6.07) is 0. The van der Waals surface area contributed by atoms with Gasteiger partial charge >= 0.3 is 5.97 Å². The smallest absolute Gasteiger partial charge is 0.319 e. The summed E-state index contributed by atoms with van der Waals surface area (Å²) < 4.78 is 4.59. The van der Waals surface area contributed by atoms with E-state index in [2.05, 4.69) is 4.74 Å². The number of piperidine rings is 1. The van der Waals surface area contributed by atoms with Gasteiger partial charge in [-0.2, -0.15) is 0 Å². The summed E-state index contributed by atoms with van der Waals surface area (Å²) in [7, 11) is 1.32. The van der Waals surface area contributed by atoms with Gasteiger partial charge in [0.15, 0.2) is 0 Å². The molecule has 1 unspecified atom stereocenters. The van der Waals surface area contributed by atoms with Gasteiger partial charge in [0.25, 0.3) is 0 Å². The maximum atomic E-state index is 12.2. The average molecular weight is 285 g/mol. The van der Waals surface area contributed by atoms with Crippen LogP contribution in [0.1, 0.15) is 19.8 Å². The highest BCUT2D eigenvalue weighted by atomic mass is 16.5. The first kappa shape index (κ1) is 16.4. The highest BCUT2D eigenvalue weighted by molar-refractivity contribution is 5.81. The number of ether oxygens (including phenoxy) is 1. The van der Waals surface area contributed by atoms with Crippen LogP contribution >= 0.6 is 0 Å². The van der Waals surface area contributed by atoms with Crippen LogP contribution in [-0.2, 0) is 19.1 Å². The number of primary amides is 1. The number of hydrogen-bond acceptors (Lipinski definition) is 5. The zero-order valence-electron chi connectivity index (χ0n) is 12.1. The first-order valence-corrected chi connectivity index (χ1v) is 6.84. The van der Waals surface area contributed by atoms with Gasteiger partial charge in [-0.25, -0.2) is 0 Å². The summed E-state index contributed by atoms with van der Waals surface area (Å²) in [5, 5.41) is 0. The topological polar surface area (TPSA) is 92.9 Å². The fraction of sp³-hybridized carbons (Fsp3) is 0.769. The second-order valence-electron chi connectivity index (χ2n) is 4.96. The lowest BCUT2D eigenvalue weighted by atomic mass is 9.97. The molecule has 7 heteroatoms. The van der Waals surface area contributed by atoms with Crippen LogP contribution in [0.25, 0.3) is 0 Å². The van der Waals surface area contributed by atoms with Crippen molar-refractivity contribution < 1.29 is 19.1 Å². The molecule has 0 radical (unpaired) electrons. The Labute approximate surface area is 119 Å². The first-order chi connectivity index (χ1) is 9.47. The summed E-state index contributed by atoms with van der Waals surface area (Å²) in [5.41, 5.74) is 5.29. The number of carbonyl (C=O) groups excluding carboxylic acids is 3. The number of esters is 1. The van der Waals surface area contributed by atoms with Crippen LogP contribution in [0.3, 0.4) is 0 Å². The first-order valence-electron chi connectivity index (χ1n) is 6.84. The monoisotopic (exact) mass is 285 g/mol. The standard InChI is InChI=1S/C13H23N3O4/c1-3-15(9-12(18)20-2)8-11(17)16-6-4-5-10(7-16)13(14)19/h10H,3-9H2,1-2H3,(H2,14,19). The van der Waals surface area contributed by atoms with Crippen LogP contribution in [0.4, 0.5) is 0 Å². The molecule has 0 spiro atoms. The zero-order valence-corrected chi connectivity index (χ0v) is 12.1. The Morgan fingerprint density at radius 1 is 1.35 bits per heavy atom. The molecule has 1 atom stereocenters. The summed E-state index contributed by atoms with van der Waals surface area (Å²) in [6.07, 6.45) is 1.52. The second-order valence-corrected chi connectivity index (χ2v) is 4.96. The summed E-state index contributed by atoms with van der Waals surface area (Å²) in [6.45, 7) is 3.71. The van der Waals surface area contributed by atoms with Crippen LogP contribution in [0.5, 0.6) is 0 Å². The van der Waals surface area contributed by atoms with Crippen molar-refractivity contribution in [3.63, 3.8) is 0 Å². The summed E-state index contributed by atoms with van der Waals surface area (Å²) >= 11 is 0. The van der Waals surface area contributed by atoms with Crippen LogP contribution in [0, 0.1) is 5.92 Å². The molecule has 0 bridgehead atoms. The molecule has 0 aromatic rings. The fourth-order valence-electron chi connectivity index (χ4n) is 2.25. The van der Waals surface area contributed by atoms with Crippen LogP contribution in [0.2, 0.25) is 0 Å². The van der Waals surface area contributed by atoms with Gasteiger partial charge in [-0.3, -0.25) is 19.3 Å². The maximum absolute atomic E-state index is 12.2. The lowest BCUT2D eigenvalue weighted by molar-refractivity contribution is -0.143. The molecule has 0 saturated carbocycles. The van der Waals surface area contributed by atoms with Gasteiger partial charge in [0.2, 0.25) is 11.8 Å². The van der Waals surface area contributed by atoms with Crippen molar-refractivity contribution in [1.29, 1.82) is 0 Å². The Balaban J connectivity index is 2.51. The molecule has 1 rings (SSSR count). The number of amides is 2. The van der Waals surface area contributed by atoms with E-state index in [1.807, 2.05) is 6.92 Å². The minimum Gasteiger partial charge on any atom is -0.468 e. The van der Waals surface area contributed by atoms with Crippen LogP contribution < -0.4 is 5.73 Å². The zero-order chi connectivity index (χ0) is 15.1. The van der Waals surface area contributed by atoms with E-state index in [1.54, 1.807) is 9.80 Å². The van der Waals surface area contributed by atoms with Crippen molar-refractivity contribution in [2.24, 2.45) is 11.7 Å². The number of likely N-dealkylation sites (tertiary alicyclic amines) is 1. The minimum atomic E-state index is -0.367. The van der Waals surface area contributed by atoms with Crippen LogP contribution in [0.15, 0.2) is 0 Å². The Morgan fingerprint density at radius 3 is 2.60 bits per heavy atom. The Bertz CT molecular complexity index is 373. The van der Waals surface area contributed by atoms with E-state index in [0.717, 1.165) is 12.8 Å². The molecule has 0 aliphatic carbocycles. The molecular formula is C13H23N3O4. The maximum Gasteiger partial charge on any atom is 0.319 e. The van der Waals surface area contributed by atoms with E-state index in [1.165, 1.54) is 7.11 Å². The van der Waals surface area contributed by atoms with Crippen molar-refractivity contribution in [2.45, 2.75) is 19.8 Å². The number of nitrogens with two attached hydrogens (primary N) is 1. The van der Waals surface area contributed by atoms with Gasteiger partial charge < -0.3 is 15.4 Å². The molecular weight excluding hydrogens is 262 g/mol. The molecule has 0 aromatic carbocycles. The number of nitrogens with zero attached hydrogens (tertiary/aromatic N) is 2. The lowest BCUT2D eigenvalue weighted by Gasteiger charge is -2.32. The molecule has 1 aliphatic rings. The molecule has 1 heterocycles. The average Bonchev–Trinajstić information content (AvgIpc) is 2.46. The number of methoxy groups -OCH3 is 1. The summed E-state index contributed by atoms with van der Waals surface area (Å²) in [5.74, 6) is -1.07. The third-order valence-corrected chi connectivity index (χ3v) is 3.56. The van der Waals surface area contributed by atoms with Gasteiger partial charge in [-0.1, -0.05) is 6.92 Å². The van der Waals surface area contributed by atoms with Crippen LogP contribution in [-0.4, -0.2) is 67.4 Å². The number of rotatable bonds is 6. The van der Waals surface area contributed by atoms with Crippen molar-refractivity contribution in [3.05, 3.63) is 0 Å². The van der Waals surface area contributed by atoms with Crippen molar-refractivity contribution in [3.8, 4) is 0 Å².